The fraction of sp³-hybridized carbons (Fsp3) is 0.462. The summed E-state index contributed by atoms with van der Waals surface area (Å²) in [5, 5.41) is 3.34. The molecule has 1 saturated heterocycles. The number of oxazole rings is 1. The van der Waals surface area contributed by atoms with Gasteiger partial charge in [0.15, 0.2) is 5.58 Å². The Labute approximate surface area is 104 Å². The molecule has 2 unspecified atom stereocenters. The Kier molecular flexibility index (Phi) is 2.93. The summed E-state index contributed by atoms with van der Waals surface area (Å²) in [5.41, 5.74) is 8.57. The summed E-state index contributed by atoms with van der Waals surface area (Å²) >= 11 is 0. The third-order valence-corrected chi connectivity index (χ3v) is 3.62. The fourth-order valence-corrected chi connectivity index (χ4v) is 2.61. The molecule has 0 bridgehead atoms. The molecule has 1 aliphatic rings. The minimum absolute atomic E-state index is 0.0118. The van der Waals surface area contributed by atoms with E-state index in [9.17, 15) is 4.79 Å². The summed E-state index contributed by atoms with van der Waals surface area (Å²) in [6.45, 7) is 2.14. The van der Waals surface area contributed by atoms with Crippen molar-refractivity contribution in [3.8, 4) is 0 Å². The second-order valence-electron chi connectivity index (χ2n) is 4.97. The highest BCUT2D eigenvalue weighted by molar-refractivity contribution is 5.72. The van der Waals surface area contributed by atoms with Crippen molar-refractivity contribution in [3.63, 3.8) is 0 Å². The van der Waals surface area contributed by atoms with E-state index in [-0.39, 0.29) is 6.04 Å². The van der Waals surface area contributed by atoms with Crippen molar-refractivity contribution in [2.45, 2.75) is 18.9 Å². The van der Waals surface area contributed by atoms with Crippen LogP contribution in [0.4, 0.5) is 0 Å². The first-order chi connectivity index (χ1) is 8.72. The van der Waals surface area contributed by atoms with Crippen LogP contribution in [0.15, 0.2) is 27.4 Å². The molecule has 5 nitrogen and oxygen atoms in total. The Bertz CT molecular complexity index is 596. The van der Waals surface area contributed by atoms with Crippen molar-refractivity contribution in [3.05, 3.63) is 34.3 Å². The van der Waals surface area contributed by atoms with E-state index in [2.05, 4.69) is 10.3 Å². The van der Waals surface area contributed by atoms with E-state index < -0.39 is 5.76 Å². The number of nitrogens with two attached hydrogens (primary N) is 1. The number of aromatic amines is 1. The molecule has 0 amide bonds. The third kappa shape index (κ3) is 2.19. The van der Waals surface area contributed by atoms with Gasteiger partial charge in [0.1, 0.15) is 0 Å². The van der Waals surface area contributed by atoms with Crippen molar-refractivity contribution in [2.75, 3.05) is 13.1 Å². The van der Waals surface area contributed by atoms with Crippen LogP contribution in [0.2, 0.25) is 0 Å². The van der Waals surface area contributed by atoms with Gasteiger partial charge in [-0.05, 0) is 49.5 Å². The number of hydrogen-bond acceptors (Lipinski definition) is 4. The molecule has 5 heteroatoms. The normalized spacial score (nSPS) is 21.5. The standard InChI is InChI=1S/C13H17N3O2/c14-10(5-8-3-4-15-7-8)9-1-2-12-11(6-9)16-13(17)18-12/h1-2,6,8,10,15H,3-5,7,14H2,(H,16,17). The molecule has 3 rings (SSSR count). The maximum absolute atomic E-state index is 11.1. The van der Waals surface area contributed by atoms with Crippen LogP contribution in [0.5, 0.6) is 0 Å². The molecular weight excluding hydrogens is 230 g/mol. The summed E-state index contributed by atoms with van der Waals surface area (Å²) in [6, 6.07) is 5.66. The largest absolute Gasteiger partial charge is 0.417 e. The van der Waals surface area contributed by atoms with Gasteiger partial charge in [0.05, 0.1) is 5.52 Å². The second-order valence-corrected chi connectivity index (χ2v) is 4.97. The SMILES string of the molecule is NC(CC1CCNC1)c1ccc2oc(=O)[nH]c2c1. The third-order valence-electron chi connectivity index (χ3n) is 3.62. The van der Waals surface area contributed by atoms with Crippen LogP contribution in [0.25, 0.3) is 11.1 Å². The van der Waals surface area contributed by atoms with Crippen LogP contribution in [-0.2, 0) is 0 Å². The molecule has 0 saturated carbocycles. The maximum atomic E-state index is 11.1. The fourth-order valence-electron chi connectivity index (χ4n) is 2.61. The topological polar surface area (TPSA) is 84.0 Å². The van der Waals surface area contributed by atoms with Crippen LogP contribution < -0.4 is 16.8 Å². The lowest BCUT2D eigenvalue weighted by Crippen LogP contribution is -2.17. The van der Waals surface area contributed by atoms with Gasteiger partial charge in [0.2, 0.25) is 0 Å². The van der Waals surface area contributed by atoms with E-state index in [0.717, 1.165) is 30.6 Å². The number of aromatic nitrogens is 1. The van der Waals surface area contributed by atoms with Gasteiger partial charge in [-0.15, -0.1) is 0 Å². The average molecular weight is 247 g/mol. The molecule has 0 spiro atoms. The molecule has 1 aliphatic heterocycles. The zero-order valence-electron chi connectivity index (χ0n) is 10.1. The Morgan fingerprint density at radius 3 is 3.17 bits per heavy atom. The highest BCUT2D eigenvalue weighted by Gasteiger charge is 2.19. The van der Waals surface area contributed by atoms with Crippen LogP contribution in [0, 0.1) is 5.92 Å². The van der Waals surface area contributed by atoms with E-state index in [4.69, 9.17) is 10.2 Å². The zero-order valence-corrected chi connectivity index (χ0v) is 10.1. The van der Waals surface area contributed by atoms with Gasteiger partial charge in [-0.2, -0.15) is 0 Å². The first-order valence-electron chi connectivity index (χ1n) is 6.31. The Balaban J connectivity index is 1.81. The van der Waals surface area contributed by atoms with Crippen molar-refractivity contribution in [1.82, 2.24) is 10.3 Å². The first-order valence-corrected chi connectivity index (χ1v) is 6.31. The van der Waals surface area contributed by atoms with Crippen molar-refractivity contribution < 1.29 is 4.42 Å². The number of nitrogens with one attached hydrogen (secondary N) is 2. The molecule has 18 heavy (non-hydrogen) atoms. The van der Waals surface area contributed by atoms with Crippen LogP contribution >= 0.6 is 0 Å². The summed E-state index contributed by atoms with van der Waals surface area (Å²) < 4.78 is 4.97. The average Bonchev–Trinajstić information content (AvgIpc) is 2.95. The molecule has 0 aliphatic carbocycles. The zero-order chi connectivity index (χ0) is 12.5. The van der Waals surface area contributed by atoms with Gasteiger partial charge >= 0.3 is 5.76 Å². The van der Waals surface area contributed by atoms with Crippen molar-refractivity contribution in [2.24, 2.45) is 11.7 Å². The van der Waals surface area contributed by atoms with Gasteiger partial charge in [-0.3, -0.25) is 4.98 Å². The number of H-pyrrole nitrogens is 1. The Morgan fingerprint density at radius 1 is 1.50 bits per heavy atom. The summed E-state index contributed by atoms with van der Waals surface area (Å²) in [5.74, 6) is 0.231. The molecule has 4 N–H and O–H groups in total. The molecule has 1 fully saturated rings. The smallest absolute Gasteiger partial charge is 0.408 e. The lowest BCUT2D eigenvalue weighted by Gasteiger charge is -2.16. The van der Waals surface area contributed by atoms with Crippen LogP contribution in [-0.4, -0.2) is 18.1 Å². The van der Waals surface area contributed by atoms with Gasteiger partial charge in [-0.1, -0.05) is 6.07 Å². The predicted octanol–water partition coefficient (Wildman–Crippen LogP) is 1.12. The molecule has 96 valence electrons. The summed E-state index contributed by atoms with van der Waals surface area (Å²) in [7, 11) is 0. The first kappa shape index (κ1) is 11.5. The van der Waals surface area contributed by atoms with Gasteiger partial charge in [0, 0.05) is 6.04 Å². The van der Waals surface area contributed by atoms with Gasteiger partial charge in [-0.25, -0.2) is 4.79 Å². The number of benzene rings is 1. The monoisotopic (exact) mass is 247 g/mol. The van der Waals surface area contributed by atoms with E-state index in [1.54, 1.807) is 6.07 Å². The van der Waals surface area contributed by atoms with Gasteiger partial charge < -0.3 is 15.5 Å². The minimum atomic E-state index is -0.421. The molecular formula is C13H17N3O2. The molecule has 2 aromatic rings. The lowest BCUT2D eigenvalue weighted by molar-refractivity contribution is 0.473. The Hall–Kier alpha value is -1.59. The van der Waals surface area contributed by atoms with Crippen molar-refractivity contribution >= 4 is 11.1 Å². The second kappa shape index (κ2) is 4.59. The molecule has 2 heterocycles. The van der Waals surface area contributed by atoms with E-state index in [1.165, 1.54) is 6.42 Å². The summed E-state index contributed by atoms with van der Waals surface area (Å²) in [6.07, 6.45) is 2.17. The molecule has 1 aromatic carbocycles. The highest BCUT2D eigenvalue weighted by Crippen LogP contribution is 2.24. The quantitative estimate of drug-likeness (QED) is 0.759. The molecule has 1 aromatic heterocycles. The number of rotatable bonds is 3. The minimum Gasteiger partial charge on any atom is -0.408 e. The van der Waals surface area contributed by atoms with E-state index >= 15 is 0 Å². The summed E-state index contributed by atoms with van der Waals surface area (Å²) in [4.78, 5) is 13.7. The maximum Gasteiger partial charge on any atom is 0.417 e. The van der Waals surface area contributed by atoms with Crippen molar-refractivity contribution in [1.29, 1.82) is 0 Å². The number of hydrogen-bond donors (Lipinski definition) is 3. The lowest BCUT2D eigenvalue weighted by atomic mass is 9.94. The highest BCUT2D eigenvalue weighted by atomic mass is 16.4. The molecule has 0 radical (unpaired) electrons. The predicted molar refractivity (Wildman–Crippen MR) is 69.4 cm³/mol. The number of fused-ring (bicyclic) bond motifs is 1. The van der Waals surface area contributed by atoms with Crippen LogP contribution in [0.3, 0.4) is 0 Å². The molecule has 2 atom stereocenters. The Morgan fingerprint density at radius 2 is 2.39 bits per heavy atom. The van der Waals surface area contributed by atoms with Crippen LogP contribution in [0.1, 0.15) is 24.4 Å². The van der Waals surface area contributed by atoms with E-state index in [1.807, 2.05) is 12.1 Å². The van der Waals surface area contributed by atoms with Gasteiger partial charge in [0.25, 0.3) is 0 Å². The van der Waals surface area contributed by atoms with E-state index in [0.29, 0.717) is 11.5 Å².